The minimum atomic E-state index is -0.311. The molecule has 0 aliphatic carbocycles. The number of rotatable bonds is 4. The van der Waals surface area contributed by atoms with Crippen molar-refractivity contribution in [2.45, 2.75) is 19.8 Å². The second-order valence-corrected chi connectivity index (χ2v) is 6.16. The molecule has 0 fully saturated rings. The minimum absolute atomic E-state index is 0.298. The molecule has 0 saturated heterocycles. The van der Waals surface area contributed by atoms with Crippen LogP contribution < -0.4 is 5.32 Å². The van der Waals surface area contributed by atoms with E-state index in [2.05, 4.69) is 52.1 Å². The summed E-state index contributed by atoms with van der Waals surface area (Å²) in [7, 11) is 0. The number of anilines is 1. The lowest BCUT2D eigenvalue weighted by Gasteiger charge is -2.08. The molecule has 0 atom stereocenters. The van der Waals surface area contributed by atoms with Gasteiger partial charge in [-0.15, -0.1) is 0 Å². The zero-order valence-corrected chi connectivity index (χ0v) is 15.0. The lowest BCUT2D eigenvalue weighted by Crippen LogP contribution is -2.14. The van der Waals surface area contributed by atoms with Crippen LogP contribution in [-0.4, -0.2) is 20.9 Å². The van der Waals surface area contributed by atoms with E-state index in [9.17, 15) is 4.79 Å². The first-order valence-electron chi connectivity index (χ1n) is 6.15. The van der Waals surface area contributed by atoms with Crippen LogP contribution in [0.1, 0.15) is 29.4 Å². The van der Waals surface area contributed by atoms with Gasteiger partial charge in [0.25, 0.3) is 5.91 Å². The van der Waals surface area contributed by atoms with E-state index in [1.807, 2.05) is 6.92 Å². The molecule has 0 bridgehead atoms. The summed E-state index contributed by atoms with van der Waals surface area (Å²) < 4.78 is 1.02. The molecule has 5 nitrogen and oxygen atoms in total. The summed E-state index contributed by atoms with van der Waals surface area (Å²) >= 11 is 12.4. The first-order valence-corrected chi connectivity index (χ1v) is 8.12. The van der Waals surface area contributed by atoms with E-state index < -0.39 is 0 Å². The third-order valence-electron chi connectivity index (χ3n) is 2.55. The largest absolute Gasteiger partial charge is 0.304 e. The number of pyridine rings is 1. The van der Waals surface area contributed by atoms with Gasteiger partial charge < -0.3 is 5.32 Å². The van der Waals surface area contributed by atoms with Gasteiger partial charge in [-0.05, 0) is 50.4 Å². The highest BCUT2D eigenvalue weighted by atomic mass is 79.9. The molecule has 2 aromatic rings. The zero-order valence-electron chi connectivity index (χ0n) is 11.0. The Labute approximate surface area is 143 Å². The number of nitrogens with one attached hydrogen (secondary N) is 1. The maximum absolute atomic E-state index is 12.3. The van der Waals surface area contributed by atoms with Crippen molar-refractivity contribution in [1.29, 1.82) is 0 Å². The van der Waals surface area contributed by atoms with Gasteiger partial charge >= 0.3 is 0 Å². The molecular weight excluding hydrogens is 423 g/mol. The van der Waals surface area contributed by atoms with E-state index in [0.29, 0.717) is 25.7 Å². The van der Waals surface area contributed by atoms with Gasteiger partial charge in [-0.3, -0.25) is 4.79 Å². The van der Waals surface area contributed by atoms with Crippen molar-refractivity contribution in [3.05, 3.63) is 43.9 Å². The molecule has 0 spiro atoms. The van der Waals surface area contributed by atoms with Crippen LogP contribution in [0.25, 0.3) is 0 Å². The van der Waals surface area contributed by atoms with E-state index in [0.717, 1.165) is 18.5 Å². The molecule has 0 aliphatic heterocycles. The van der Waals surface area contributed by atoms with Crippen LogP contribution in [0, 0.1) is 0 Å². The van der Waals surface area contributed by atoms with Crippen molar-refractivity contribution >= 4 is 55.2 Å². The third-order valence-corrected chi connectivity index (χ3v) is 3.68. The highest BCUT2D eigenvalue weighted by molar-refractivity contribution is 9.11. The van der Waals surface area contributed by atoms with E-state index in [-0.39, 0.29) is 5.91 Å². The molecule has 2 aromatic heterocycles. The summed E-state index contributed by atoms with van der Waals surface area (Å²) in [5.41, 5.74) is 1.23. The predicted molar refractivity (Wildman–Crippen MR) is 88.6 cm³/mol. The van der Waals surface area contributed by atoms with E-state index in [4.69, 9.17) is 11.6 Å². The molecule has 2 heterocycles. The summed E-state index contributed by atoms with van der Waals surface area (Å²) in [4.78, 5) is 24.6. The summed E-state index contributed by atoms with van der Waals surface area (Å²) in [6, 6.07) is 3.25. The van der Waals surface area contributed by atoms with Gasteiger partial charge in [-0.25, -0.2) is 15.0 Å². The Morgan fingerprint density at radius 1 is 1.33 bits per heavy atom. The van der Waals surface area contributed by atoms with Crippen LogP contribution in [0.5, 0.6) is 0 Å². The van der Waals surface area contributed by atoms with Crippen LogP contribution in [0.15, 0.2) is 27.5 Å². The topological polar surface area (TPSA) is 67.8 Å². The molecule has 2 rings (SSSR count). The molecule has 0 aliphatic rings. The van der Waals surface area contributed by atoms with Crippen molar-refractivity contribution in [3.8, 4) is 0 Å². The van der Waals surface area contributed by atoms with Gasteiger partial charge in [-0.1, -0.05) is 24.9 Å². The lowest BCUT2D eigenvalue weighted by molar-refractivity contribution is 0.102. The van der Waals surface area contributed by atoms with E-state index in [1.165, 1.54) is 12.3 Å². The summed E-state index contributed by atoms with van der Waals surface area (Å²) in [5, 5.41) is 2.98. The smallest absolute Gasteiger partial charge is 0.257 e. The van der Waals surface area contributed by atoms with Gasteiger partial charge in [0, 0.05) is 11.3 Å². The average Bonchev–Trinajstić information content (AvgIpc) is 2.41. The molecule has 8 heteroatoms. The predicted octanol–water partition coefficient (Wildman–Crippen LogP) is 4.25. The van der Waals surface area contributed by atoms with Gasteiger partial charge in [-0.2, -0.15) is 0 Å². The van der Waals surface area contributed by atoms with Crippen LogP contribution >= 0.6 is 43.5 Å². The van der Waals surface area contributed by atoms with Crippen LogP contribution in [0.4, 0.5) is 5.82 Å². The molecule has 0 unspecified atom stereocenters. The number of amides is 1. The number of halogens is 3. The lowest BCUT2D eigenvalue weighted by atomic mass is 10.1. The van der Waals surface area contributed by atoms with Crippen LogP contribution in [0.2, 0.25) is 5.15 Å². The zero-order chi connectivity index (χ0) is 15.4. The van der Waals surface area contributed by atoms with Crippen LogP contribution in [-0.2, 0) is 6.42 Å². The number of hydrogen-bond donors (Lipinski definition) is 1. The van der Waals surface area contributed by atoms with E-state index >= 15 is 0 Å². The fourth-order valence-corrected chi connectivity index (χ4v) is 2.81. The molecule has 110 valence electrons. The number of hydrogen-bond acceptors (Lipinski definition) is 4. The summed E-state index contributed by atoms with van der Waals surface area (Å²) in [6.07, 6.45) is 3.20. The highest BCUT2D eigenvalue weighted by Crippen LogP contribution is 2.20. The van der Waals surface area contributed by atoms with Crippen molar-refractivity contribution in [2.75, 3.05) is 5.32 Å². The quantitative estimate of drug-likeness (QED) is 0.731. The molecule has 1 N–H and O–H groups in total. The number of carbonyl (C=O) groups is 1. The number of aryl methyl sites for hydroxylation is 1. The Morgan fingerprint density at radius 2 is 2.10 bits per heavy atom. The number of carbonyl (C=O) groups excluding carboxylic acids is 1. The normalized spacial score (nSPS) is 10.5. The van der Waals surface area contributed by atoms with Gasteiger partial charge in [0.2, 0.25) is 0 Å². The Kier molecular flexibility index (Phi) is 5.66. The maximum atomic E-state index is 12.3. The van der Waals surface area contributed by atoms with Crippen LogP contribution in [0.3, 0.4) is 0 Å². The fourth-order valence-electron chi connectivity index (χ4n) is 1.68. The molecular formula is C13H11Br2ClN4O. The Balaban J connectivity index is 2.23. The van der Waals surface area contributed by atoms with E-state index in [1.54, 1.807) is 6.07 Å². The Hall–Kier alpha value is -1.05. The molecule has 0 saturated carbocycles. The SMILES string of the molecule is CCCc1cc(C(=O)Nc2ncc(Br)nc2Br)cc(Cl)n1. The Bertz CT molecular complexity index is 681. The average molecular weight is 435 g/mol. The second-order valence-electron chi connectivity index (χ2n) is 4.21. The second kappa shape index (κ2) is 7.29. The standard InChI is InChI=1S/C13H11Br2ClN4O/c1-2-3-8-4-7(5-10(16)18-8)13(21)20-12-11(15)19-9(14)6-17-12/h4-6H,2-3H2,1H3,(H,17,20,21). The van der Waals surface area contributed by atoms with Crippen molar-refractivity contribution in [3.63, 3.8) is 0 Å². The molecule has 0 aromatic carbocycles. The van der Waals surface area contributed by atoms with Crippen molar-refractivity contribution in [1.82, 2.24) is 15.0 Å². The molecule has 0 radical (unpaired) electrons. The fraction of sp³-hybridized carbons (Fsp3) is 0.231. The van der Waals surface area contributed by atoms with Crippen molar-refractivity contribution < 1.29 is 4.79 Å². The summed E-state index contributed by atoms with van der Waals surface area (Å²) in [6.45, 7) is 2.04. The van der Waals surface area contributed by atoms with Gasteiger partial charge in [0.15, 0.2) is 5.82 Å². The van der Waals surface area contributed by atoms with Crippen molar-refractivity contribution in [2.24, 2.45) is 0 Å². The van der Waals surface area contributed by atoms with Gasteiger partial charge in [0.1, 0.15) is 14.4 Å². The maximum Gasteiger partial charge on any atom is 0.257 e. The molecule has 1 amide bonds. The monoisotopic (exact) mass is 432 g/mol. The number of nitrogens with zero attached hydrogens (tertiary/aromatic N) is 3. The number of aromatic nitrogens is 3. The summed E-state index contributed by atoms with van der Waals surface area (Å²) in [5.74, 6) is 0.0298. The Morgan fingerprint density at radius 3 is 2.76 bits per heavy atom. The minimum Gasteiger partial charge on any atom is -0.304 e. The third kappa shape index (κ3) is 4.46. The highest BCUT2D eigenvalue weighted by Gasteiger charge is 2.12. The van der Waals surface area contributed by atoms with Gasteiger partial charge in [0.05, 0.1) is 6.20 Å². The molecule has 21 heavy (non-hydrogen) atoms. The first kappa shape index (κ1) is 16.3. The first-order chi connectivity index (χ1) is 9.99.